The zero-order chi connectivity index (χ0) is 29.4. The lowest BCUT2D eigenvalue weighted by molar-refractivity contribution is -0.264. The molecular formula is C27H31NO11S. The maximum atomic E-state index is 12.8. The predicted octanol–water partition coefficient (Wildman–Crippen LogP) is 2.35. The number of hydrogen-bond acceptors (Lipinski definition) is 12. The number of carbonyl (C=O) groups is 3. The number of methoxy groups -OCH3 is 1. The summed E-state index contributed by atoms with van der Waals surface area (Å²) in [5.41, 5.74) is 1.44. The molecule has 1 aliphatic rings. The van der Waals surface area contributed by atoms with Gasteiger partial charge in [0.25, 0.3) is 10.1 Å². The zero-order valence-electron chi connectivity index (χ0n) is 22.6. The average molecular weight is 578 g/mol. The van der Waals surface area contributed by atoms with Crippen LogP contribution in [-0.4, -0.2) is 76.9 Å². The molecule has 3 rings (SSSR count). The maximum absolute atomic E-state index is 12.8. The zero-order valence-corrected chi connectivity index (χ0v) is 23.5. The fourth-order valence-corrected chi connectivity index (χ4v) is 4.85. The van der Waals surface area contributed by atoms with Gasteiger partial charge in [-0.05, 0) is 36.8 Å². The molecule has 0 N–H and O–H groups in total. The predicted molar refractivity (Wildman–Crippen MR) is 140 cm³/mol. The van der Waals surface area contributed by atoms with Crippen LogP contribution in [-0.2, 0) is 47.6 Å². The van der Waals surface area contributed by atoms with E-state index in [0.717, 1.165) is 26.3 Å². The number of rotatable bonds is 10. The third kappa shape index (κ3) is 8.34. The molecule has 40 heavy (non-hydrogen) atoms. The fraction of sp³-hybridized carbons (Fsp3) is 0.407. The molecule has 1 saturated heterocycles. The lowest BCUT2D eigenvalue weighted by atomic mass is 9.96. The summed E-state index contributed by atoms with van der Waals surface area (Å²) in [7, 11) is -2.75. The minimum Gasteiger partial charge on any atom is -0.497 e. The third-order valence-electron chi connectivity index (χ3n) is 5.69. The van der Waals surface area contributed by atoms with Gasteiger partial charge in [0.2, 0.25) is 6.29 Å². The lowest BCUT2D eigenvalue weighted by Gasteiger charge is -2.43. The molecule has 0 aromatic heterocycles. The monoisotopic (exact) mass is 577 g/mol. The summed E-state index contributed by atoms with van der Waals surface area (Å²) in [6.07, 6.45) is -4.06. The van der Waals surface area contributed by atoms with Crippen molar-refractivity contribution in [2.75, 3.05) is 13.7 Å². The number of aryl methyl sites for hydroxylation is 1. The fourth-order valence-electron chi connectivity index (χ4n) is 3.93. The van der Waals surface area contributed by atoms with Gasteiger partial charge in [-0.1, -0.05) is 29.8 Å². The van der Waals surface area contributed by atoms with Crippen LogP contribution in [0.25, 0.3) is 0 Å². The molecule has 0 amide bonds. The van der Waals surface area contributed by atoms with E-state index in [-0.39, 0.29) is 4.90 Å². The number of benzene rings is 2. The van der Waals surface area contributed by atoms with E-state index < -0.39 is 65.3 Å². The number of ether oxygens (including phenoxy) is 5. The van der Waals surface area contributed by atoms with Gasteiger partial charge in [0.05, 0.1) is 18.6 Å². The number of aliphatic imine (C=N–C) groups is 1. The van der Waals surface area contributed by atoms with Crippen molar-refractivity contribution in [1.29, 1.82) is 0 Å². The summed E-state index contributed by atoms with van der Waals surface area (Å²) in [6.45, 7) is 4.54. The van der Waals surface area contributed by atoms with Crippen LogP contribution in [0.1, 0.15) is 31.9 Å². The van der Waals surface area contributed by atoms with Crippen LogP contribution in [0.15, 0.2) is 58.4 Å². The van der Waals surface area contributed by atoms with E-state index in [0.29, 0.717) is 11.3 Å². The summed E-state index contributed by atoms with van der Waals surface area (Å²) >= 11 is 0. The molecule has 0 saturated carbocycles. The highest BCUT2D eigenvalue weighted by atomic mass is 32.2. The van der Waals surface area contributed by atoms with Crippen molar-refractivity contribution < 1.29 is 50.7 Å². The van der Waals surface area contributed by atoms with Crippen LogP contribution in [0.2, 0.25) is 0 Å². The lowest BCUT2D eigenvalue weighted by Crippen LogP contribution is -2.61. The number of esters is 3. The second-order valence-corrected chi connectivity index (χ2v) is 10.5. The SMILES string of the molecule is COc1cccc(C=N[C@@H]2[C@H](OC(C)=O)O[C@@H](COS(=O)(=O)c3ccc(C)cc3)[C@H](OC(C)=O)[C@@H]2OC(C)=O)c1. The number of nitrogens with zero attached hydrogens (tertiary/aromatic N) is 1. The van der Waals surface area contributed by atoms with Gasteiger partial charge < -0.3 is 23.7 Å². The summed E-state index contributed by atoms with van der Waals surface area (Å²) in [5, 5.41) is 0. The van der Waals surface area contributed by atoms with E-state index in [1.54, 1.807) is 43.3 Å². The van der Waals surface area contributed by atoms with Gasteiger partial charge >= 0.3 is 17.9 Å². The molecule has 13 heteroatoms. The molecule has 1 fully saturated rings. The molecule has 2 aromatic carbocycles. The van der Waals surface area contributed by atoms with E-state index in [9.17, 15) is 22.8 Å². The van der Waals surface area contributed by atoms with Crippen LogP contribution in [0.5, 0.6) is 5.75 Å². The van der Waals surface area contributed by atoms with Crippen molar-refractivity contribution in [3.63, 3.8) is 0 Å². The smallest absolute Gasteiger partial charge is 0.305 e. The van der Waals surface area contributed by atoms with Crippen LogP contribution in [0.4, 0.5) is 0 Å². The molecule has 0 aliphatic carbocycles. The first-order chi connectivity index (χ1) is 18.9. The Morgan fingerprint density at radius 1 is 0.925 bits per heavy atom. The largest absolute Gasteiger partial charge is 0.497 e. The second-order valence-electron chi connectivity index (χ2n) is 8.90. The summed E-state index contributed by atoms with van der Waals surface area (Å²) in [6, 6.07) is 11.6. The Labute approximate surface area is 232 Å². The molecule has 0 unspecified atom stereocenters. The molecule has 0 bridgehead atoms. The molecule has 5 atom stereocenters. The van der Waals surface area contributed by atoms with Gasteiger partial charge in [-0.15, -0.1) is 0 Å². The van der Waals surface area contributed by atoms with Crippen LogP contribution >= 0.6 is 0 Å². The molecule has 2 aromatic rings. The first-order valence-corrected chi connectivity index (χ1v) is 13.6. The first-order valence-electron chi connectivity index (χ1n) is 12.2. The van der Waals surface area contributed by atoms with Gasteiger partial charge in [-0.25, -0.2) is 0 Å². The van der Waals surface area contributed by atoms with Gasteiger partial charge in [0.1, 0.15) is 11.9 Å². The Morgan fingerprint density at radius 2 is 1.55 bits per heavy atom. The Morgan fingerprint density at radius 3 is 2.15 bits per heavy atom. The first kappa shape index (κ1) is 30.7. The van der Waals surface area contributed by atoms with Crippen molar-refractivity contribution >= 4 is 34.2 Å². The van der Waals surface area contributed by atoms with Gasteiger partial charge in [0, 0.05) is 27.0 Å². The van der Waals surface area contributed by atoms with Crippen molar-refractivity contribution in [2.24, 2.45) is 4.99 Å². The van der Waals surface area contributed by atoms with E-state index in [4.69, 9.17) is 27.9 Å². The highest BCUT2D eigenvalue weighted by molar-refractivity contribution is 7.86. The van der Waals surface area contributed by atoms with Gasteiger partial charge in [-0.2, -0.15) is 8.42 Å². The van der Waals surface area contributed by atoms with Crippen LogP contribution in [0, 0.1) is 6.92 Å². The Bertz CT molecular complexity index is 1340. The number of carbonyl (C=O) groups excluding carboxylic acids is 3. The molecule has 1 heterocycles. The highest BCUT2D eigenvalue weighted by Gasteiger charge is 2.51. The van der Waals surface area contributed by atoms with E-state index in [1.807, 2.05) is 0 Å². The molecule has 216 valence electrons. The molecular weight excluding hydrogens is 546 g/mol. The van der Waals surface area contributed by atoms with Crippen molar-refractivity contribution in [2.45, 2.75) is 63.2 Å². The summed E-state index contributed by atoms with van der Waals surface area (Å²) in [5.74, 6) is -1.70. The summed E-state index contributed by atoms with van der Waals surface area (Å²) < 4.78 is 58.2. The van der Waals surface area contributed by atoms with Crippen molar-refractivity contribution in [3.05, 3.63) is 59.7 Å². The van der Waals surface area contributed by atoms with E-state index in [2.05, 4.69) is 4.99 Å². The minimum atomic E-state index is -4.25. The molecule has 1 aliphatic heterocycles. The Kier molecular flexibility index (Phi) is 10.4. The Balaban J connectivity index is 1.98. The third-order valence-corrected chi connectivity index (χ3v) is 6.98. The van der Waals surface area contributed by atoms with Crippen LogP contribution < -0.4 is 4.74 Å². The topological polar surface area (TPSA) is 153 Å². The van der Waals surface area contributed by atoms with Crippen molar-refractivity contribution in [1.82, 2.24) is 0 Å². The van der Waals surface area contributed by atoms with Crippen LogP contribution in [0.3, 0.4) is 0 Å². The maximum Gasteiger partial charge on any atom is 0.305 e. The number of hydrogen-bond donors (Lipinski definition) is 0. The van der Waals surface area contributed by atoms with E-state index in [1.165, 1.54) is 25.5 Å². The summed E-state index contributed by atoms with van der Waals surface area (Å²) in [4.78, 5) is 40.4. The van der Waals surface area contributed by atoms with Crippen molar-refractivity contribution in [3.8, 4) is 5.75 Å². The van der Waals surface area contributed by atoms with E-state index >= 15 is 0 Å². The average Bonchev–Trinajstić information content (AvgIpc) is 2.88. The molecule has 12 nitrogen and oxygen atoms in total. The normalized spacial score (nSPS) is 22.9. The highest BCUT2D eigenvalue weighted by Crippen LogP contribution is 2.30. The quantitative estimate of drug-likeness (QED) is 0.177. The minimum absolute atomic E-state index is 0.105. The van der Waals surface area contributed by atoms with Gasteiger partial charge in [-0.3, -0.25) is 23.6 Å². The molecule has 0 spiro atoms. The molecule has 0 radical (unpaired) electrons. The standard InChI is InChI=1S/C27H31NO11S/c1-16-9-11-22(12-10-16)40(32,33)35-15-23-25(36-17(2)29)26(37-18(3)30)24(27(39-23)38-19(4)31)28-14-20-7-6-8-21(13-20)34-5/h6-14,23-27H,15H2,1-5H3/t23-,24-,25-,26+,27+/m0/s1. The Hall–Kier alpha value is -3.81. The second kappa shape index (κ2) is 13.5. The van der Waals surface area contributed by atoms with Gasteiger partial charge in [0.15, 0.2) is 18.2 Å².